The summed E-state index contributed by atoms with van der Waals surface area (Å²) in [5, 5.41) is 18.7. The maximum atomic E-state index is 13.9. The molecular formula is C26H44N4O5. The Hall–Kier alpha value is -2.36. The van der Waals surface area contributed by atoms with Gasteiger partial charge in [0, 0.05) is 37.3 Å². The number of nitrogens with one attached hydrogen (secondary N) is 3. The number of rotatable bonds is 6. The maximum Gasteiger partial charge on any atom is 0.319 e. The molecule has 9 nitrogen and oxygen atoms in total. The van der Waals surface area contributed by atoms with Crippen molar-refractivity contribution < 1.29 is 24.2 Å². The second-order valence-corrected chi connectivity index (χ2v) is 9.82. The number of amides is 3. The van der Waals surface area contributed by atoms with Gasteiger partial charge in [0.25, 0.3) is 5.91 Å². The number of likely N-dealkylation sites (N-methyl/N-ethyl adjacent to an activating group) is 1. The first-order valence-electron chi connectivity index (χ1n) is 12.7. The molecule has 0 spiro atoms. The Bertz CT molecular complexity index is 819. The van der Waals surface area contributed by atoms with Gasteiger partial charge in [-0.15, -0.1) is 0 Å². The van der Waals surface area contributed by atoms with Crippen molar-refractivity contribution in [3.63, 3.8) is 0 Å². The van der Waals surface area contributed by atoms with Crippen molar-refractivity contribution in [3.8, 4) is 5.75 Å². The number of anilines is 1. The van der Waals surface area contributed by atoms with Crippen LogP contribution in [0.4, 0.5) is 10.5 Å². The van der Waals surface area contributed by atoms with Gasteiger partial charge in [-0.25, -0.2) is 4.79 Å². The average Bonchev–Trinajstić information content (AvgIpc) is 2.80. The molecule has 198 valence electrons. The smallest absolute Gasteiger partial charge is 0.319 e. The summed E-state index contributed by atoms with van der Waals surface area (Å²) in [6.07, 6.45) is 2.55. The highest BCUT2D eigenvalue weighted by molar-refractivity contribution is 5.99. The van der Waals surface area contributed by atoms with Crippen LogP contribution in [0.15, 0.2) is 18.2 Å². The monoisotopic (exact) mass is 492 g/mol. The van der Waals surface area contributed by atoms with Crippen LogP contribution < -0.4 is 20.7 Å². The quantitative estimate of drug-likeness (QED) is 0.485. The number of urea groups is 1. The molecule has 2 rings (SSSR count). The van der Waals surface area contributed by atoms with Gasteiger partial charge in [0.1, 0.15) is 5.75 Å². The topological polar surface area (TPSA) is 112 Å². The lowest BCUT2D eigenvalue weighted by Crippen LogP contribution is -2.47. The predicted molar refractivity (Wildman–Crippen MR) is 138 cm³/mol. The predicted octanol–water partition coefficient (Wildman–Crippen LogP) is 3.23. The molecule has 1 aromatic rings. The van der Waals surface area contributed by atoms with Gasteiger partial charge in [0.05, 0.1) is 30.4 Å². The van der Waals surface area contributed by atoms with Crippen LogP contribution in [0.1, 0.15) is 64.2 Å². The summed E-state index contributed by atoms with van der Waals surface area (Å²) in [7, 11) is 1.89. The van der Waals surface area contributed by atoms with E-state index in [0.717, 1.165) is 19.3 Å². The SMILES string of the molecule is CNC[C@@H]1OCCCC[C@@H](C)Oc2ccc(NC(=O)NC(C)C)cc2C(=O)N([C@@H](C)CO)C[C@H]1C. The normalized spacial score (nSPS) is 23.1. The lowest BCUT2D eigenvalue weighted by Gasteiger charge is -2.34. The summed E-state index contributed by atoms with van der Waals surface area (Å²) in [6.45, 7) is 11.2. The average molecular weight is 493 g/mol. The largest absolute Gasteiger partial charge is 0.490 e. The van der Waals surface area contributed by atoms with Crippen molar-refractivity contribution in [2.45, 2.75) is 78.2 Å². The minimum atomic E-state index is -0.404. The molecule has 1 heterocycles. The van der Waals surface area contributed by atoms with Gasteiger partial charge < -0.3 is 35.4 Å². The number of nitrogens with zero attached hydrogens (tertiary/aromatic N) is 1. The van der Waals surface area contributed by atoms with Crippen LogP contribution >= 0.6 is 0 Å². The van der Waals surface area contributed by atoms with Gasteiger partial charge in [-0.3, -0.25) is 4.79 Å². The minimum Gasteiger partial charge on any atom is -0.490 e. The molecule has 1 aromatic carbocycles. The number of hydrogen-bond acceptors (Lipinski definition) is 6. The summed E-state index contributed by atoms with van der Waals surface area (Å²) in [5.74, 6) is 0.249. The summed E-state index contributed by atoms with van der Waals surface area (Å²) in [6, 6.07) is 4.36. The molecular weight excluding hydrogens is 448 g/mol. The lowest BCUT2D eigenvalue weighted by molar-refractivity contribution is -0.000451. The molecule has 9 heteroatoms. The van der Waals surface area contributed by atoms with Crippen molar-refractivity contribution in [1.82, 2.24) is 15.5 Å². The first-order valence-corrected chi connectivity index (χ1v) is 12.7. The van der Waals surface area contributed by atoms with E-state index >= 15 is 0 Å². The van der Waals surface area contributed by atoms with E-state index in [1.54, 1.807) is 23.1 Å². The van der Waals surface area contributed by atoms with E-state index in [4.69, 9.17) is 9.47 Å². The van der Waals surface area contributed by atoms with Gasteiger partial charge in [0.15, 0.2) is 0 Å². The third-order valence-corrected chi connectivity index (χ3v) is 6.13. The van der Waals surface area contributed by atoms with Gasteiger partial charge in [-0.2, -0.15) is 0 Å². The van der Waals surface area contributed by atoms with Crippen LogP contribution in [0.5, 0.6) is 5.75 Å². The van der Waals surface area contributed by atoms with Gasteiger partial charge in [0.2, 0.25) is 0 Å². The number of carbonyl (C=O) groups is 2. The van der Waals surface area contributed by atoms with E-state index < -0.39 is 6.04 Å². The molecule has 0 aromatic heterocycles. The Morgan fingerprint density at radius 2 is 1.97 bits per heavy atom. The Kier molecular flexibility index (Phi) is 11.8. The van der Waals surface area contributed by atoms with Crippen LogP contribution in [0, 0.1) is 5.92 Å². The van der Waals surface area contributed by atoms with E-state index in [9.17, 15) is 14.7 Å². The number of benzene rings is 1. The molecule has 1 aliphatic heterocycles. The van der Waals surface area contributed by atoms with Crippen LogP contribution in [-0.4, -0.2) is 79.6 Å². The van der Waals surface area contributed by atoms with Crippen molar-refractivity contribution in [3.05, 3.63) is 23.8 Å². The highest BCUT2D eigenvalue weighted by Gasteiger charge is 2.29. The molecule has 0 radical (unpaired) electrons. The van der Waals surface area contributed by atoms with Gasteiger partial charge in [-0.1, -0.05) is 6.92 Å². The van der Waals surface area contributed by atoms with Gasteiger partial charge >= 0.3 is 6.03 Å². The van der Waals surface area contributed by atoms with Crippen LogP contribution in [0.25, 0.3) is 0 Å². The third-order valence-electron chi connectivity index (χ3n) is 6.13. The molecule has 0 saturated heterocycles. The van der Waals surface area contributed by atoms with E-state index in [0.29, 0.717) is 36.7 Å². The Morgan fingerprint density at radius 1 is 1.23 bits per heavy atom. The summed E-state index contributed by atoms with van der Waals surface area (Å²) < 4.78 is 12.4. The molecule has 0 saturated carbocycles. The second kappa shape index (κ2) is 14.3. The standard InChI is InChI=1S/C26H44N4O5/c1-17(2)28-26(33)29-21-10-11-23-22(13-21)25(32)30(19(4)16-31)15-18(3)24(14-27-6)34-12-8-7-9-20(5)35-23/h10-11,13,17-20,24,27,31H,7-9,12,14-16H2,1-6H3,(H2,28,29,33)/t18-,19+,20-,24+/m1/s1. The minimum absolute atomic E-state index is 0.0201. The third kappa shape index (κ3) is 8.98. The van der Waals surface area contributed by atoms with E-state index in [1.165, 1.54) is 0 Å². The van der Waals surface area contributed by atoms with Crippen molar-refractivity contribution in [1.29, 1.82) is 0 Å². The van der Waals surface area contributed by atoms with Crippen LogP contribution in [-0.2, 0) is 4.74 Å². The zero-order valence-corrected chi connectivity index (χ0v) is 22.1. The molecule has 35 heavy (non-hydrogen) atoms. The fraction of sp³-hybridized carbons (Fsp3) is 0.692. The number of fused-ring (bicyclic) bond motifs is 1. The second-order valence-electron chi connectivity index (χ2n) is 9.82. The molecule has 4 N–H and O–H groups in total. The Balaban J connectivity index is 2.46. The lowest BCUT2D eigenvalue weighted by atomic mass is 10.0. The summed E-state index contributed by atoms with van der Waals surface area (Å²) >= 11 is 0. The molecule has 4 atom stereocenters. The molecule has 0 bridgehead atoms. The zero-order chi connectivity index (χ0) is 26.0. The van der Waals surface area contributed by atoms with Crippen LogP contribution in [0.3, 0.4) is 0 Å². The summed E-state index contributed by atoms with van der Waals surface area (Å²) in [4.78, 5) is 27.8. The highest BCUT2D eigenvalue weighted by atomic mass is 16.5. The van der Waals surface area contributed by atoms with Gasteiger partial charge in [-0.05, 0) is 72.2 Å². The fourth-order valence-electron chi connectivity index (χ4n) is 4.12. The van der Waals surface area contributed by atoms with Crippen LogP contribution in [0.2, 0.25) is 0 Å². The first-order chi connectivity index (χ1) is 16.7. The fourth-order valence-corrected chi connectivity index (χ4v) is 4.12. The molecule has 1 aliphatic rings. The van der Waals surface area contributed by atoms with E-state index in [2.05, 4.69) is 22.9 Å². The molecule has 0 unspecified atom stereocenters. The number of hydrogen-bond donors (Lipinski definition) is 4. The highest BCUT2D eigenvalue weighted by Crippen LogP contribution is 2.28. The molecule has 0 aliphatic carbocycles. The number of ether oxygens (including phenoxy) is 2. The maximum absolute atomic E-state index is 13.9. The zero-order valence-electron chi connectivity index (χ0n) is 22.1. The first kappa shape index (κ1) is 28.9. The van der Waals surface area contributed by atoms with Crippen molar-refractivity contribution in [2.24, 2.45) is 5.92 Å². The van der Waals surface area contributed by atoms with E-state index in [1.807, 2.05) is 34.7 Å². The van der Waals surface area contributed by atoms with Crippen molar-refractivity contribution >= 4 is 17.6 Å². The van der Waals surface area contributed by atoms with Crippen molar-refractivity contribution in [2.75, 3.05) is 38.7 Å². The molecule has 3 amide bonds. The summed E-state index contributed by atoms with van der Waals surface area (Å²) in [5.41, 5.74) is 0.850. The number of aliphatic hydroxyl groups is 1. The Morgan fingerprint density at radius 3 is 2.63 bits per heavy atom. The van der Waals surface area contributed by atoms with E-state index in [-0.39, 0.29) is 42.7 Å². The number of aliphatic hydroxyl groups excluding tert-OH is 1. The Labute approximate surface area is 209 Å². The number of carbonyl (C=O) groups excluding carboxylic acids is 2. The molecule has 0 fully saturated rings.